The van der Waals surface area contributed by atoms with Gasteiger partial charge in [-0.2, -0.15) is 0 Å². The summed E-state index contributed by atoms with van der Waals surface area (Å²) >= 11 is 0. The van der Waals surface area contributed by atoms with Crippen molar-refractivity contribution in [3.8, 4) is 5.75 Å². The van der Waals surface area contributed by atoms with Gasteiger partial charge in [-0.1, -0.05) is 25.5 Å². The fourth-order valence-corrected chi connectivity index (χ4v) is 2.82. The van der Waals surface area contributed by atoms with E-state index in [1.807, 2.05) is 6.92 Å². The van der Waals surface area contributed by atoms with Gasteiger partial charge in [-0.25, -0.2) is 0 Å². The minimum atomic E-state index is 0.0946. The Balaban J connectivity index is 1.99. The van der Waals surface area contributed by atoms with Crippen molar-refractivity contribution in [1.82, 2.24) is 0 Å². The average Bonchev–Trinajstić information content (AvgIpc) is 2.40. The van der Waals surface area contributed by atoms with Gasteiger partial charge in [0, 0.05) is 6.04 Å². The Labute approximate surface area is 111 Å². The van der Waals surface area contributed by atoms with Gasteiger partial charge in [0.15, 0.2) is 0 Å². The van der Waals surface area contributed by atoms with E-state index in [0.717, 1.165) is 17.2 Å². The zero-order chi connectivity index (χ0) is 13.0. The van der Waals surface area contributed by atoms with Gasteiger partial charge in [0.1, 0.15) is 11.9 Å². The fraction of sp³-hybridized carbons (Fsp3) is 0.625. The molecule has 2 rings (SSSR count). The van der Waals surface area contributed by atoms with Crippen molar-refractivity contribution in [2.75, 3.05) is 0 Å². The molecule has 1 fully saturated rings. The summed E-state index contributed by atoms with van der Waals surface area (Å²) in [6, 6.07) is 8.35. The van der Waals surface area contributed by atoms with E-state index < -0.39 is 0 Å². The number of rotatable bonds is 4. The van der Waals surface area contributed by atoms with E-state index in [4.69, 9.17) is 10.5 Å². The largest absolute Gasteiger partial charge is 0.490 e. The van der Waals surface area contributed by atoms with Crippen molar-refractivity contribution in [2.45, 2.75) is 58.1 Å². The molecule has 2 unspecified atom stereocenters. The van der Waals surface area contributed by atoms with Crippen LogP contribution in [-0.4, -0.2) is 6.10 Å². The summed E-state index contributed by atoms with van der Waals surface area (Å²) in [5, 5.41) is 0. The van der Waals surface area contributed by atoms with Crippen LogP contribution in [0.1, 0.15) is 57.6 Å². The summed E-state index contributed by atoms with van der Waals surface area (Å²) in [4.78, 5) is 0. The van der Waals surface area contributed by atoms with E-state index >= 15 is 0 Å². The second-order valence-corrected chi connectivity index (χ2v) is 5.47. The number of hydrogen-bond acceptors (Lipinski definition) is 2. The Hall–Kier alpha value is -1.02. The highest BCUT2D eigenvalue weighted by Gasteiger charge is 2.25. The lowest BCUT2D eigenvalue weighted by Gasteiger charge is -2.31. The predicted molar refractivity (Wildman–Crippen MR) is 75.7 cm³/mol. The Bertz CT molecular complexity index is 358. The highest BCUT2D eigenvalue weighted by atomic mass is 16.5. The van der Waals surface area contributed by atoms with Crippen molar-refractivity contribution in [3.05, 3.63) is 29.8 Å². The molecule has 0 amide bonds. The number of hydrogen-bond donors (Lipinski definition) is 1. The molecule has 0 aromatic heterocycles. The van der Waals surface area contributed by atoms with E-state index in [1.54, 1.807) is 0 Å². The second kappa shape index (κ2) is 6.24. The molecule has 2 nitrogen and oxygen atoms in total. The summed E-state index contributed by atoms with van der Waals surface area (Å²) in [6.07, 6.45) is 6.82. The van der Waals surface area contributed by atoms with Crippen molar-refractivity contribution in [1.29, 1.82) is 0 Å². The van der Waals surface area contributed by atoms with E-state index in [1.165, 1.54) is 32.1 Å². The molecule has 0 bridgehead atoms. The first-order valence-corrected chi connectivity index (χ1v) is 7.23. The second-order valence-electron chi connectivity index (χ2n) is 5.47. The van der Waals surface area contributed by atoms with Crippen LogP contribution in [0, 0.1) is 5.92 Å². The standard InChI is InChI=1S/C16H25NO/c1-3-13-6-4-5-7-16(13)18-15-10-8-14(9-11-15)12(2)17/h8-13,16H,3-7,17H2,1-2H3/t12-,13?,16?/m1/s1. The molecule has 2 heteroatoms. The molecule has 0 aliphatic heterocycles. The van der Waals surface area contributed by atoms with Crippen molar-refractivity contribution in [3.63, 3.8) is 0 Å². The third-order valence-corrected chi connectivity index (χ3v) is 4.06. The number of ether oxygens (including phenoxy) is 1. The van der Waals surface area contributed by atoms with Crippen LogP contribution in [0.3, 0.4) is 0 Å². The van der Waals surface area contributed by atoms with Gasteiger partial charge < -0.3 is 10.5 Å². The van der Waals surface area contributed by atoms with Gasteiger partial charge in [0.2, 0.25) is 0 Å². The molecule has 0 spiro atoms. The quantitative estimate of drug-likeness (QED) is 0.871. The van der Waals surface area contributed by atoms with Crippen molar-refractivity contribution >= 4 is 0 Å². The lowest BCUT2D eigenvalue weighted by molar-refractivity contribution is 0.0904. The first kappa shape index (κ1) is 13.4. The molecule has 1 aliphatic carbocycles. The molecule has 18 heavy (non-hydrogen) atoms. The van der Waals surface area contributed by atoms with E-state index in [-0.39, 0.29) is 6.04 Å². The molecular weight excluding hydrogens is 222 g/mol. The SMILES string of the molecule is CCC1CCCCC1Oc1ccc([C@@H](C)N)cc1. The maximum Gasteiger partial charge on any atom is 0.119 e. The Kier molecular flexibility index (Phi) is 4.65. The molecule has 2 N–H and O–H groups in total. The molecule has 0 saturated heterocycles. The lowest BCUT2D eigenvalue weighted by atomic mass is 9.85. The van der Waals surface area contributed by atoms with Gasteiger partial charge in [0.05, 0.1) is 0 Å². The normalized spacial score (nSPS) is 25.7. The zero-order valence-electron chi connectivity index (χ0n) is 11.6. The maximum atomic E-state index is 6.15. The maximum absolute atomic E-state index is 6.15. The van der Waals surface area contributed by atoms with E-state index in [2.05, 4.69) is 31.2 Å². The van der Waals surface area contributed by atoms with Crippen LogP contribution in [0.2, 0.25) is 0 Å². The Morgan fingerprint density at radius 2 is 1.89 bits per heavy atom. The van der Waals surface area contributed by atoms with Crippen LogP contribution in [-0.2, 0) is 0 Å². The molecule has 100 valence electrons. The lowest BCUT2D eigenvalue weighted by Crippen LogP contribution is -2.29. The van der Waals surface area contributed by atoms with Crippen LogP contribution < -0.4 is 10.5 Å². The van der Waals surface area contributed by atoms with Gasteiger partial charge in [-0.3, -0.25) is 0 Å². The summed E-state index contributed by atoms with van der Waals surface area (Å²) in [6.45, 7) is 4.27. The van der Waals surface area contributed by atoms with E-state index in [9.17, 15) is 0 Å². The van der Waals surface area contributed by atoms with Crippen LogP contribution in [0.5, 0.6) is 5.75 Å². The Morgan fingerprint density at radius 3 is 2.50 bits per heavy atom. The van der Waals surface area contributed by atoms with Crippen molar-refractivity contribution < 1.29 is 4.74 Å². The minimum Gasteiger partial charge on any atom is -0.490 e. The Morgan fingerprint density at radius 1 is 1.22 bits per heavy atom. The fourth-order valence-electron chi connectivity index (χ4n) is 2.82. The smallest absolute Gasteiger partial charge is 0.119 e. The topological polar surface area (TPSA) is 35.2 Å². The van der Waals surface area contributed by atoms with Crippen LogP contribution in [0.4, 0.5) is 0 Å². The first-order chi connectivity index (χ1) is 8.70. The summed E-state index contributed by atoms with van der Waals surface area (Å²) in [5.41, 5.74) is 7.02. The average molecular weight is 247 g/mol. The monoisotopic (exact) mass is 247 g/mol. The number of benzene rings is 1. The third kappa shape index (κ3) is 3.26. The summed E-state index contributed by atoms with van der Waals surface area (Å²) in [7, 11) is 0. The van der Waals surface area contributed by atoms with Gasteiger partial charge >= 0.3 is 0 Å². The molecule has 1 aromatic rings. The zero-order valence-corrected chi connectivity index (χ0v) is 11.6. The third-order valence-electron chi connectivity index (χ3n) is 4.06. The molecule has 0 radical (unpaired) electrons. The molecule has 3 atom stereocenters. The van der Waals surface area contributed by atoms with Gasteiger partial charge in [-0.15, -0.1) is 0 Å². The summed E-state index contributed by atoms with van der Waals surface area (Å²) in [5.74, 6) is 1.72. The highest BCUT2D eigenvalue weighted by molar-refractivity contribution is 5.29. The van der Waals surface area contributed by atoms with Crippen LogP contribution in [0.15, 0.2) is 24.3 Å². The van der Waals surface area contributed by atoms with E-state index in [0.29, 0.717) is 6.10 Å². The van der Waals surface area contributed by atoms with Crippen LogP contribution in [0.25, 0.3) is 0 Å². The minimum absolute atomic E-state index is 0.0946. The summed E-state index contributed by atoms with van der Waals surface area (Å²) < 4.78 is 6.15. The first-order valence-electron chi connectivity index (χ1n) is 7.23. The molecule has 0 heterocycles. The molecule has 1 saturated carbocycles. The van der Waals surface area contributed by atoms with Gasteiger partial charge in [0.25, 0.3) is 0 Å². The molecule has 1 aliphatic rings. The molecule has 1 aromatic carbocycles. The predicted octanol–water partition coefficient (Wildman–Crippen LogP) is 4.05. The number of nitrogens with two attached hydrogens (primary N) is 1. The molecular formula is C16H25NO. The van der Waals surface area contributed by atoms with Crippen molar-refractivity contribution in [2.24, 2.45) is 11.7 Å². The highest BCUT2D eigenvalue weighted by Crippen LogP contribution is 2.30. The van der Waals surface area contributed by atoms with Gasteiger partial charge in [-0.05, 0) is 56.2 Å². The van der Waals surface area contributed by atoms with Crippen LogP contribution >= 0.6 is 0 Å².